The summed E-state index contributed by atoms with van der Waals surface area (Å²) in [6.45, 7) is 7.17. The summed E-state index contributed by atoms with van der Waals surface area (Å²) in [6, 6.07) is 8.44. The van der Waals surface area contributed by atoms with Crippen LogP contribution in [0.25, 0.3) is 0 Å². The monoisotopic (exact) mass is 530 g/mol. The average molecular weight is 531 g/mol. The van der Waals surface area contributed by atoms with Gasteiger partial charge in [-0.15, -0.1) is 0 Å². The van der Waals surface area contributed by atoms with E-state index in [1.165, 1.54) is 5.56 Å². The lowest BCUT2D eigenvalue weighted by Gasteiger charge is -2.42. The zero-order valence-electron chi connectivity index (χ0n) is 22.1. The molecule has 3 saturated heterocycles. The maximum Gasteiger partial charge on any atom is 0.300 e. The molecule has 38 heavy (non-hydrogen) atoms. The van der Waals surface area contributed by atoms with Crippen molar-refractivity contribution in [2.24, 2.45) is 0 Å². The predicted molar refractivity (Wildman–Crippen MR) is 138 cm³/mol. The Hall–Kier alpha value is -3.44. The maximum atomic E-state index is 12.6. The van der Waals surface area contributed by atoms with E-state index >= 15 is 0 Å². The smallest absolute Gasteiger partial charge is 0.300 e. The number of aromatic nitrogens is 2. The Bertz CT molecular complexity index is 1040. The fraction of sp³-hybridized carbons (Fsp3) is 0.556. The summed E-state index contributed by atoms with van der Waals surface area (Å²) in [5.41, 5.74) is 0.796. The number of para-hydroxylation sites is 1. The Morgan fingerprint density at radius 3 is 2.61 bits per heavy atom. The molecule has 0 aliphatic carbocycles. The van der Waals surface area contributed by atoms with Crippen molar-refractivity contribution < 1.29 is 34.1 Å². The quantitative estimate of drug-likeness (QED) is 0.494. The van der Waals surface area contributed by atoms with E-state index in [-0.39, 0.29) is 11.9 Å². The van der Waals surface area contributed by atoms with Gasteiger partial charge in [0.1, 0.15) is 5.75 Å². The van der Waals surface area contributed by atoms with Gasteiger partial charge < -0.3 is 29.2 Å². The third kappa shape index (κ3) is 7.78. The third-order valence-corrected chi connectivity index (χ3v) is 6.70. The number of carbonyl (C=O) groups excluding carboxylic acids is 1. The van der Waals surface area contributed by atoms with E-state index < -0.39 is 17.7 Å². The van der Waals surface area contributed by atoms with Gasteiger partial charge in [-0.2, -0.15) is 0 Å². The van der Waals surface area contributed by atoms with Gasteiger partial charge in [0.15, 0.2) is 5.72 Å². The molecule has 11 nitrogen and oxygen atoms in total. The number of unbranched alkanes of at least 4 members (excludes halogenated alkanes) is 1. The van der Waals surface area contributed by atoms with Crippen LogP contribution in [0.3, 0.4) is 0 Å². The van der Waals surface area contributed by atoms with E-state index in [0.29, 0.717) is 13.0 Å². The van der Waals surface area contributed by atoms with E-state index in [2.05, 4.69) is 32.7 Å². The average Bonchev–Trinajstić information content (AvgIpc) is 3.56. The largest absolute Gasteiger partial charge is 0.493 e. The Morgan fingerprint density at radius 1 is 1.16 bits per heavy atom. The first-order valence-corrected chi connectivity index (χ1v) is 13.0. The summed E-state index contributed by atoms with van der Waals surface area (Å²) >= 11 is 0. The number of aliphatic carboxylic acids is 2. The number of aryl methyl sites for hydroxylation is 1. The number of ether oxygens (including phenoxy) is 2. The molecule has 0 bridgehead atoms. The van der Waals surface area contributed by atoms with Crippen molar-refractivity contribution in [3.8, 4) is 5.75 Å². The highest BCUT2D eigenvalue weighted by Crippen LogP contribution is 2.45. The van der Waals surface area contributed by atoms with Gasteiger partial charge in [0.25, 0.3) is 11.9 Å². The predicted octanol–water partition coefficient (Wildman–Crippen LogP) is 2.85. The van der Waals surface area contributed by atoms with Gasteiger partial charge in [-0.3, -0.25) is 19.3 Å². The number of amides is 1. The van der Waals surface area contributed by atoms with Gasteiger partial charge in [0.2, 0.25) is 5.91 Å². The highest BCUT2D eigenvalue weighted by molar-refractivity contribution is 5.81. The fourth-order valence-electron chi connectivity index (χ4n) is 5.21. The minimum absolute atomic E-state index is 0.147. The molecule has 3 fully saturated rings. The molecule has 1 aromatic carbocycles. The molecule has 11 heteroatoms. The Morgan fingerprint density at radius 2 is 1.89 bits per heavy atom. The molecular formula is C27H38N4O7. The van der Waals surface area contributed by atoms with Crippen LogP contribution in [-0.4, -0.2) is 85.5 Å². The number of rotatable bonds is 8. The number of benzene rings is 1. The number of imidazole rings is 1. The Labute approximate surface area is 223 Å². The number of hydrogen-bond acceptors (Lipinski definition) is 7. The molecule has 2 N–H and O–H groups in total. The molecule has 1 spiro atoms. The maximum absolute atomic E-state index is 12.6. The molecule has 0 unspecified atom stereocenters. The van der Waals surface area contributed by atoms with Gasteiger partial charge in [0.05, 0.1) is 25.6 Å². The first kappa shape index (κ1) is 29.1. The number of likely N-dealkylation sites (tertiary alicyclic amines) is 1. The number of carboxylic acids is 2. The standard InChI is InChI=1S/C23H30N4O3.2C2H4O2/c28-22-16-21-23(27(22)11-5-15-30-23)8-12-26(21)17-19-6-1-2-7-20(19)29-14-4-3-10-25-13-9-24-18-25;2*1-2(3)4/h1-2,6-7,9,13,18,21H,3-5,8,10-12,14-17H2;2*1H3,(H,3,4)/t21-,23+;;/m1../s1. The first-order valence-electron chi connectivity index (χ1n) is 13.0. The summed E-state index contributed by atoms with van der Waals surface area (Å²) in [6.07, 6.45) is 10.1. The van der Waals surface area contributed by atoms with Crippen molar-refractivity contribution in [1.82, 2.24) is 19.4 Å². The first-order chi connectivity index (χ1) is 18.2. The minimum Gasteiger partial charge on any atom is -0.493 e. The molecule has 1 amide bonds. The van der Waals surface area contributed by atoms with Crippen LogP contribution in [-0.2, 0) is 32.2 Å². The normalized spacial score (nSPS) is 21.9. The SMILES string of the molecule is CC(=O)O.CC(=O)O.O=C1C[C@H]2N(Cc3ccccc3OCCCCn3ccnc3)CC[C@]23OCCCN13. The lowest BCUT2D eigenvalue weighted by atomic mass is 10.0. The van der Waals surface area contributed by atoms with Gasteiger partial charge in [0, 0.05) is 70.8 Å². The van der Waals surface area contributed by atoms with E-state index in [1.54, 1.807) is 0 Å². The van der Waals surface area contributed by atoms with E-state index in [9.17, 15) is 4.79 Å². The highest BCUT2D eigenvalue weighted by Gasteiger charge is 2.60. The molecule has 0 radical (unpaired) electrons. The van der Waals surface area contributed by atoms with Crippen LogP contribution in [0.15, 0.2) is 43.0 Å². The van der Waals surface area contributed by atoms with E-state index in [0.717, 1.165) is 78.1 Å². The van der Waals surface area contributed by atoms with E-state index in [1.807, 2.05) is 29.7 Å². The molecular weight excluding hydrogens is 492 g/mol. The summed E-state index contributed by atoms with van der Waals surface area (Å²) < 4.78 is 14.5. The molecule has 1 aromatic heterocycles. The van der Waals surface area contributed by atoms with Crippen molar-refractivity contribution in [2.45, 2.75) is 70.8 Å². The van der Waals surface area contributed by atoms with Crippen LogP contribution in [0.2, 0.25) is 0 Å². The van der Waals surface area contributed by atoms with Gasteiger partial charge in [-0.1, -0.05) is 18.2 Å². The number of carbonyl (C=O) groups is 3. The van der Waals surface area contributed by atoms with Crippen LogP contribution in [0, 0.1) is 0 Å². The summed E-state index contributed by atoms with van der Waals surface area (Å²) in [5, 5.41) is 14.8. The molecule has 3 aliphatic heterocycles. The van der Waals surface area contributed by atoms with Crippen molar-refractivity contribution >= 4 is 17.8 Å². The van der Waals surface area contributed by atoms with Crippen molar-refractivity contribution in [2.75, 3.05) is 26.3 Å². The second-order valence-electron chi connectivity index (χ2n) is 9.53. The number of carboxylic acid groups (broad SMARTS) is 2. The Kier molecular flexibility index (Phi) is 10.7. The molecule has 3 aliphatic rings. The molecule has 2 atom stereocenters. The highest BCUT2D eigenvalue weighted by atomic mass is 16.5. The fourth-order valence-corrected chi connectivity index (χ4v) is 5.21. The van der Waals surface area contributed by atoms with Crippen LogP contribution in [0.1, 0.15) is 51.5 Å². The molecule has 5 rings (SSSR count). The lowest BCUT2D eigenvalue weighted by Crippen LogP contribution is -2.56. The number of nitrogens with zero attached hydrogens (tertiary/aromatic N) is 4. The molecule has 2 aromatic rings. The van der Waals surface area contributed by atoms with Crippen molar-refractivity contribution in [3.63, 3.8) is 0 Å². The molecule has 4 heterocycles. The second-order valence-corrected chi connectivity index (χ2v) is 9.53. The van der Waals surface area contributed by atoms with Crippen molar-refractivity contribution in [3.05, 3.63) is 48.5 Å². The van der Waals surface area contributed by atoms with Gasteiger partial charge in [-0.25, -0.2) is 4.98 Å². The van der Waals surface area contributed by atoms with Gasteiger partial charge >= 0.3 is 0 Å². The zero-order valence-corrected chi connectivity index (χ0v) is 22.1. The third-order valence-electron chi connectivity index (χ3n) is 6.70. The van der Waals surface area contributed by atoms with Crippen molar-refractivity contribution in [1.29, 1.82) is 0 Å². The zero-order chi connectivity index (χ0) is 27.5. The van der Waals surface area contributed by atoms with Crippen LogP contribution >= 0.6 is 0 Å². The van der Waals surface area contributed by atoms with Crippen LogP contribution in [0.5, 0.6) is 5.75 Å². The summed E-state index contributed by atoms with van der Waals surface area (Å²) in [4.78, 5) is 39.1. The minimum atomic E-state index is -0.833. The number of hydrogen-bond donors (Lipinski definition) is 2. The second kappa shape index (κ2) is 13.9. The summed E-state index contributed by atoms with van der Waals surface area (Å²) in [7, 11) is 0. The lowest BCUT2D eigenvalue weighted by molar-refractivity contribution is -0.180. The van der Waals surface area contributed by atoms with Crippen LogP contribution in [0.4, 0.5) is 0 Å². The van der Waals surface area contributed by atoms with Crippen LogP contribution < -0.4 is 4.74 Å². The molecule has 208 valence electrons. The summed E-state index contributed by atoms with van der Waals surface area (Å²) in [5.74, 6) is -0.473. The topological polar surface area (TPSA) is 134 Å². The Balaban J connectivity index is 0.000000443. The molecule has 0 saturated carbocycles. The van der Waals surface area contributed by atoms with E-state index in [4.69, 9.17) is 29.3 Å². The van der Waals surface area contributed by atoms with Gasteiger partial charge in [-0.05, 0) is 25.3 Å².